The first-order valence-electron chi connectivity index (χ1n) is 7.27. The van der Waals surface area contributed by atoms with Crippen molar-refractivity contribution in [2.24, 2.45) is 5.73 Å². The largest absolute Gasteiger partial charge is 0.422 e. The lowest BCUT2D eigenvalue weighted by Crippen LogP contribution is -2.21. The molecule has 0 saturated carbocycles. The van der Waals surface area contributed by atoms with E-state index in [1.807, 2.05) is 18.2 Å². The molecule has 0 aliphatic rings. The van der Waals surface area contributed by atoms with Gasteiger partial charge >= 0.3 is 5.63 Å². The summed E-state index contributed by atoms with van der Waals surface area (Å²) in [5, 5.41) is 0.710. The maximum Gasteiger partial charge on any atom is 0.347 e. The van der Waals surface area contributed by atoms with E-state index in [1.54, 1.807) is 13.0 Å². The number of benzene rings is 1. The molecule has 0 spiro atoms. The van der Waals surface area contributed by atoms with E-state index in [0.29, 0.717) is 16.7 Å². The number of hydrogen-bond acceptors (Lipinski definition) is 5. The lowest BCUT2D eigenvalue weighted by molar-refractivity contribution is 0.104. The number of carbonyl (C=O) groups excluding carboxylic acids is 1. The number of rotatable bonds is 5. The fourth-order valence-corrected chi connectivity index (χ4v) is 2.34. The average Bonchev–Trinajstić information content (AvgIpc) is 2.46. The van der Waals surface area contributed by atoms with Crippen LogP contribution in [0, 0.1) is 0 Å². The van der Waals surface area contributed by atoms with E-state index in [1.165, 1.54) is 6.08 Å². The minimum Gasteiger partial charge on any atom is -0.422 e. The molecule has 1 aromatic heterocycles. The van der Waals surface area contributed by atoms with Crippen molar-refractivity contribution in [1.29, 1.82) is 0 Å². The number of nitrogens with two attached hydrogens (primary N) is 1. The van der Waals surface area contributed by atoms with Gasteiger partial charge in [-0.3, -0.25) is 4.79 Å². The third-order valence-electron chi connectivity index (χ3n) is 3.47. The van der Waals surface area contributed by atoms with Crippen molar-refractivity contribution < 1.29 is 9.21 Å². The smallest absolute Gasteiger partial charge is 0.347 e. The second-order valence-electron chi connectivity index (χ2n) is 5.09. The fourth-order valence-electron chi connectivity index (χ4n) is 2.34. The zero-order valence-corrected chi connectivity index (χ0v) is 13.1. The van der Waals surface area contributed by atoms with Crippen molar-refractivity contribution >= 4 is 22.4 Å². The van der Waals surface area contributed by atoms with Crippen LogP contribution in [-0.2, 0) is 0 Å². The zero-order valence-electron chi connectivity index (χ0n) is 13.1. The number of nitrogens with zero attached hydrogens (tertiary/aromatic N) is 1. The molecule has 2 aromatic rings. The lowest BCUT2D eigenvalue weighted by Gasteiger charge is -2.20. The summed E-state index contributed by atoms with van der Waals surface area (Å²) in [6, 6.07) is 7.17. The summed E-state index contributed by atoms with van der Waals surface area (Å²) in [4.78, 5) is 26.1. The summed E-state index contributed by atoms with van der Waals surface area (Å²) in [6.45, 7) is 7.45. The van der Waals surface area contributed by atoms with Crippen molar-refractivity contribution in [1.82, 2.24) is 0 Å². The van der Waals surface area contributed by atoms with Crippen LogP contribution in [0.1, 0.15) is 31.1 Å². The molecule has 0 radical (unpaired) electrons. The first kappa shape index (κ1) is 15.8. The summed E-state index contributed by atoms with van der Waals surface area (Å²) in [7, 11) is 0. The van der Waals surface area contributed by atoms with Crippen LogP contribution in [0.25, 0.3) is 11.0 Å². The second-order valence-corrected chi connectivity index (χ2v) is 5.09. The van der Waals surface area contributed by atoms with Crippen LogP contribution in [0.15, 0.2) is 45.3 Å². The highest BCUT2D eigenvalue weighted by Crippen LogP contribution is 2.22. The Bertz CT molecular complexity index is 782. The normalized spacial score (nSPS) is 11.7. The minimum atomic E-state index is -0.647. The molecule has 0 bridgehead atoms. The van der Waals surface area contributed by atoms with Crippen LogP contribution < -0.4 is 16.3 Å². The molecule has 116 valence electrons. The summed E-state index contributed by atoms with van der Waals surface area (Å²) >= 11 is 0. The maximum absolute atomic E-state index is 12.0. The highest BCUT2D eigenvalue weighted by Gasteiger charge is 2.13. The Morgan fingerprint density at radius 3 is 2.55 bits per heavy atom. The van der Waals surface area contributed by atoms with Crippen LogP contribution in [0.4, 0.5) is 5.69 Å². The van der Waals surface area contributed by atoms with Crippen molar-refractivity contribution in [2.75, 3.05) is 18.0 Å². The van der Waals surface area contributed by atoms with E-state index < -0.39 is 11.4 Å². The third kappa shape index (κ3) is 3.19. The molecule has 0 unspecified atom stereocenters. The Kier molecular flexibility index (Phi) is 4.65. The molecule has 1 aromatic carbocycles. The maximum atomic E-state index is 12.0. The van der Waals surface area contributed by atoms with E-state index in [9.17, 15) is 9.59 Å². The Balaban J connectivity index is 2.53. The summed E-state index contributed by atoms with van der Waals surface area (Å²) in [5.74, 6) is -0.441. The van der Waals surface area contributed by atoms with Crippen molar-refractivity contribution in [3.05, 3.63) is 52.0 Å². The first-order chi connectivity index (χ1) is 10.5. The van der Waals surface area contributed by atoms with Gasteiger partial charge in [-0.2, -0.15) is 0 Å². The van der Waals surface area contributed by atoms with Gasteiger partial charge in [-0.15, -0.1) is 0 Å². The molecular formula is C17H20N2O3. The second kappa shape index (κ2) is 6.47. The molecular weight excluding hydrogens is 280 g/mol. The number of allylic oxidation sites excluding steroid dienone is 2. The van der Waals surface area contributed by atoms with Gasteiger partial charge in [0.25, 0.3) is 0 Å². The number of hydrogen-bond donors (Lipinski definition) is 1. The van der Waals surface area contributed by atoms with Crippen LogP contribution in [0.5, 0.6) is 0 Å². The molecule has 0 saturated heterocycles. The first-order valence-corrected chi connectivity index (χ1v) is 7.27. The molecule has 1 heterocycles. The highest BCUT2D eigenvalue weighted by molar-refractivity contribution is 6.06. The topological polar surface area (TPSA) is 76.5 Å². The highest BCUT2D eigenvalue weighted by atomic mass is 16.4. The van der Waals surface area contributed by atoms with Gasteiger partial charge in [-0.1, -0.05) is 0 Å². The molecule has 0 amide bonds. The number of anilines is 1. The van der Waals surface area contributed by atoms with Crippen molar-refractivity contribution in [3.63, 3.8) is 0 Å². The predicted octanol–water partition coefficient (Wildman–Crippen LogP) is 2.68. The molecule has 2 N–H and O–H groups in total. The van der Waals surface area contributed by atoms with Crippen molar-refractivity contribution in [3.8, 4) is 0 Å². The van der Waals surface area contributed by atoms with Gasteiger partial charge in [0, 0.05) is 42.0 Å². The van der Waals surface area contributed by atoms with Gasteiger partial charge < -0.3 is 15.1 Å². The van der Waals surface area contributed by atoms with Gasteiger partial charge in [-0.05, 0) is 39.0 Å². The predicted molar refractivity (Wildman–Crippen MR) is 88.3 cm³/mol. The van der Waals surface area contributed by atoms with Crippen LogP contribution in [0.3, 0.4) is 0 Å². The summed E-state index contributed by atoms with van der Waals surface area (Å²) in [6.07, 6.45) is 1.22. The van der Waals surface area contributed by atoms with Gasteiger partial charge in [0.05, 0.1) is 0 Å². The fraction of sp³-hybridized carbons (Fsp3) is 0.294. The lowest BCUT2D eigenvalue weighted by atomic mass is 10.1. The number of carbonyl (C=O) groups is 1. The molecule has 0 fully saturated rings. The van der Waals surface area contributed by atoms with Crippen LogP contribution in [-0.4, -0.2) is 18.9 Å². The quantitative estimate of drug-likeness (QED) is 0.522. The Morgan fingerprint density at radius 2 is 1.95 bits per heavy atom. The molecule has 0 atom stereocenters. The van der Waals surface area contributed by atoms with E-state index in [0.717, 1.165) is 18.8 Å². The van der Waals surface area contributed by atoms with Gasteiger partial charge in [-0.25, -0.2) is 4.79 Å². The Hall–Kier alpha value is -2.56. The summed E-state index contributed by atoms with van der Waals surface area (Å²) in [5.41, 5.74) is 6.63. The molecule has 0 aliphatic carbocycles. The van der Waals surface area contributed by atoms with Crippen LogP contribution >= 0.6 is 0 Å². The zero-order chi connectivity index (χ0) is 16.3. The molecule has 5 heteroatoms. The molecule has 2 rings (SSSR count). The SMILES string of the molecule is CCN(CC)c1ccc2cc(C(=O)/C=C(/C)N)c(=O)oc2c1. The Morgan fingerprint density at radius 1 is 1.27 bits per heavy atom. The average molecular weight is 300 g/mol. The minimum absolute atomic E-state index is 0.00658. The van der Waals surface area contributed by atoms with E-state index in [2.05, 4.69) is 18.7 Å². The van der Waals surface area contributed by atoms with E-state index in [-0.39, 0.29) is 5.56 Å². The summed E-state index contributed by atoms with van der Waals surface area (Å²) < 4.78 is 5.30. The van der Waals surface area contributed by atoms with E-state index >= 15 is 0 Å². The number of ketones is 1. The van der Waals surface area contributed by atoms with Crippen molar-refractivity contribution in [2.45, 2.75) is 20.8 Å². The van der Waals surface area contributed by atoms with Gasteiger partial charge in [0.2, 0.25) is 0 Å². The molecule has 5 nitrogen and oxygen atoms in total. The molecule has 0 aliphatic heterocycles. The van der Waals surface area contributed by atoms with Crippen LogP contribution in [0.2, 0.25) is 0 Å². The third-order valence-corrected chi connectivity index (χ3v) is 3.47. The van der Waals surface area contributed by atoms with Gasteiger partial charge in [0.1, 0.15) is 11.1 Å². The monoisotopic (exact) mass is 300 g/mol. The molecule has 22 heavy (non-hydrogen) atoms. The van der Waals surface area contributed by atoms with Gasteiger partial charge in [0.15, 0.2) is 5.78 Å². The standard InChI is InChI=1S/C17H20N2O3/c1-4-19(5-2)13-7-6-12-9-14(15(20)8-11(3)18)17(21)22-16(12)10-13/h6-10H,4-5,18H2,1-3H3/b11-8-. The van der Waals surface area contributed by atoms with E-state index in [4.69, 9.17) is 10.2 Å². The Labute approximate surface area is 129 Å². The number of fused-ring (bicyclic) bond motifs is 1.